The number of rotatable bonds is 4. The molecule has 0 saturated carbocycles. The predicted molar refractivity (Wildman–Crippen MR) is 77.1 cm³/mol. The van der Waals surface area contributed by atoms with Gasteiger partial charge in [0.15, 0.2) is 0 Å². The number of amides is 2. The van der Waals surface area contributed by atoms with Gasteiger partial charge in [0.25, 0.3) is 0 Å². The summed E-state index contributed by atoms with van der Waals surface area (Å²) in [4.78, 5) is 15.9. The third kappa shape index (κ3) is 2.73. The Hall–Kier alpha value is -1.55. The molecule has 1 unspecified atom stereocenters. The van der Waals surface area contributed by atoms with E-state index in [9.17, 15) is 4.79 Å². The third-order valence-electron chi connectivity index (χ3n) is 3.85. The van der Waals surface area contributed by atoms with Gasteiger partial charge in [-0.15, -0.1) is 0 Å². The minimum Gasteiger partial charge on any atom is -0.330 e. The van der Waals surface area contributed by atoms with Crippen molar-refractivity contribution in [1.82, 2.24) is 9.80 Å². The lowest BCUT2D eigenvalue weighted by atomic mass is 9.99. The van der Waals surface area contributed by atoms with E-state index in [0.29, 0.717) is 6.54 Å². The minimum absolute atomic E-state index is 0.110. The number of likely N-dealkylation sites (N-methyl/N-ethyl adjacent to an activating group) is 1. The Bertz CT molecular complexity index is 472. The Morgan fingerprint density at radius 3 is 2.74 bits per heavy atom. The van der Waals surface area contributed by atoms with Gasteiger partial charge in [0.1, 0.15) is 0 Å². The standard InChI is InChI=1S/C15H23N3O/c1-11-5-6-13(12(2)9-11)14-10-18(8-4-7-16)15(19)17(14)3/h5-6,9,14H,4,7-8,10,16H2,1-3H3. The lowest BCUT2D eigenvalue weighted by Gasteiger charge is -2.20. The van der Waals surface area contributed by atoms with E-state index in [4.69, 9.17) is 5.73 Å². The maximum absolute atomic E-state index is 12.2. The number of hydrogen-bond acceptors (Lipinski definition) is 2. The minimum atomic E-state index is 0.110. The molecule has 1 saturated heterocycles. The molecule has 0 radical (unpaired) electrons. The lowest BCUT2D eigenvalue weighted by molar-refractivity contribution is 0.195. The van der Waals surface area contributed by atoms with Crippen molar-refractivity contribution in [2.45, 2.75) is 26.3 Å². The summed E-state index contributed by atoms with van der Waals surface area (Å²) < 4.78 is 0. The number of benzene rings is 1. The molecule has 2 rings (SSSR count). The molecule has 104 valence electrons. The zero-order valence-electron chi connectivity index (χ0n) is 12.0. The van der Waals surface area contributed by atoms with Crippen molar-refractivity contribution < 1.29 is 4.79 Å². The van der Waals surface area contributed by atoms with Crippen LogP contribution in [0, 0.1) is 13.8 Å². The number of urea groups is 1. The second-order valence-corrected chi connectivity index (χ2v) is 5.36. The van der Waals surface area contributed by atoms with E-state index < -0.39 is 0 Å². The van der Waals surface area contributed by atoms with Crippen molar-refractivity contribution in [2.24, 2.45) is 5.73 Å². The van der Waals surface area contributed by atoms with Crippen molar-refractivity contribution in [2.75, 3.05) is 26.7 Å². The fraction of sp³-hybridized carbons (Fsp3) is 0.533. The van der Waals surface area contributed by atoms with Crippen LogP contribution in [-0.2, 0) is 0 Å². The van der Waals surface area contributed by atoms with Gasteiger partial charge in [0.2, 0.25) is 0 Å². The Morgan fingerprint density at radius 1 is 1.37 bits per heavy atom. The van der Waals surface area contributed by atoms with Crippen LogP contribution in [0.25, 0.3) is 0 Å². The van der Waals surface area contributed by atoms with Gasteiger partial charge in [-0.3, -0.25) is 0 Å². The number of nitrogens with zero attached hydrogens (tertiary/aromatic N) is 2. The van der Waals surface area contributed by atoms with Gasteiger partial charge >= 0.3 is 6.03 Å². The fourth-order valence-electron chi connectivity index (χ4n) is 2.74. The summed E-state index contributed by atoms with van der Waals surface area (Å²) in [5, 5.41) is 0. The molecule has 0 aliphatic carbocycles. The molecule has 0 spiro atoms. The van der Waals surface area contributed by atoms with E-state index >= 15 is 0 Å². The molecule has 4 heteroatoms. The van der Waals surface area contributed by atoms with Gasteiger partial charge in [-0.05, 0) is 37.9 Å². The van der Waals surface area contributed by atoms with E-state index in [1.54, 1.807) is 0 Å². The van der Waals surface area contributed by atoms with Gasteiger partial charge in [-0.1, -0.05) is 23.8 Å². The molecule has 1 atom stereocenters. The third-order valence-corrected chi connectivity index (χ3v) is 3.85. The largest absolute Gasteiger partial charge is 0.330 e. The molecule has 1 heterocycles. The number of aryl methyl sites for hydroxylation is 2. The number of carbonyl (C=O) groups is 1. The first-order chi connectivity index (χ1) is 9.04. The molecular weight excluding hydrogens is 238 g/mol. The maximum atomic E-state index is 12.2. The first-order valence-electron chi connectivity index (χ1n) is 6.83. The summed E-state index contributed by atoms with van der Waals surface area (Å²) in [6, 6.07) is 6.70. The molecule has 0 bridgehead atoms. The molecule has 1 fully saturated rings. The molecule has 1 aliphatic heterocycles. The van der Waals surface area contributed by atoms with Crippen molar-refractivity contribution in [1.29, 1.82) is 0 Å². The highest BCUT2D eigenvalue weighted by Crippen LogP contribution is 2.30. The summed E-state index contributed by atoms with van der Waals surface area (Å²) in [6.07, 6.45) is 0.860. The van der Waals surface area contributed by atoms with Crippen LogP contribution in [0.4, 0.5) is 4.79 Å². The van der Waals surface area contributed by atoms with Crippen LogP contribution in [0.2, 0.25) is 0 Å². The second-order valence-electron chi connectivity index (χ2n) is 5.36. The van der Waals surface area contributed by atoms with Crippen LogP contribution in [-0.4, -0.2) is 42.5 Å². The maximum Gasteiger partial charge on any atom is 0.320 e. The second kappa shape index (κ2) is 5.61. The monoisotopic (exact) mass is 261 g/mol. The average Bonchev–Trinajstić information content (AvgIpc) is 2.64. The van der Waals surface area contributed by atoms with Crippen LogP contribution in [0.1, 0.15) is 29.2 Å². The number of hydrogen-bond donors (Lipinski definition) is 1. The van der Waals surface area contributed by atoms with Crippen molar-refractivity contribution in [3.05, 3.63) is 34.9 Å². The van der Waals surface area contributed by atoms with Crippen LogP contribution < -0.4 is 5.73 Å². The van der Waals surface area contributed by atoms with Crippen molar-refractivity contribution >= 4 is 6.03 Å². The molecular formula is C15H23N3O. The summed E-state index contributed by atoms with van der Waals surface area (Å²) >= 11 is 0. The molecule has 1 aromatic carbocycles. The Morgan fingerprint density at radius 2 is 2.11 bits per heavy atom. The Balaban J connectivity index is 2.19. The van der Waals surface area contributed by atoms with Crippen LogP contribution in [0.15, 0.2) is 18.2 Å². The van der Waals surface area contributed by atoms with Crippen LogP contribution >= 0.6 is 0 Å². The number of carbonyl (C=O) groups excluding carboxylic acids is 1. The summed E-state index contributed by atoms with van der Waals surface area (Å²) in [7, 11) is 1.88. The normalized spacial score (nSPS) is 19.4. The fourth-order valence-corrected chi connectivity index (χ4v) is 2.74. The predicted octanol–water partition coefficient (Wildman–Crippen LogP) is 2.06. The van der Waals surface area contributed by atoms with E-state index in [1.165, 1.54) is 16.7 Å². The van der Waals surface area contributed by atoms with Crippen LogP contribution in [0.3, 0.4) is 0 Å². The smallest absolute Gasteiger partial charge is 0.320 e. The van der Waals surface area contributed by atoms with E-state index in [0.717, 1.165) is 19.5 Å². The zero-order valence-corrected chi connectivity index (χ0v) is 12.0. The molecule has 2 N–H and O–H groups in total. The van der Waals surface area contributed by atoms with Gasteiger partial charge in [-0.2, -0.15) is 0 Å². The van der Waals surface area contributed by atoms with E-state index in [-0.39, 0.29) is 12.1 Å². The summed E-state index contributed by atoms with van der Waals surface area (Å²) in [6.45, 7) is 6.35. The van der Waals surface area contributed by atoms with Gasteiger partial charge in [-0.25, -0.2) is 4.79 Å². The summed E-state index contributed by atoms with van der Waals surface area (Å²) in [5.74, 6) is 0. The SMILES string of the molecule is Cc1ccc(C2CN(CCCN)C(=O)N2C)c(C)c1. The highest BCUT2D eigenvalue weighted by Gasteiger charge is 2.35. The summed E-state index contributed by atoms with van der Waals surface area (Å²) in [5.41, 5.74) is 9.28. The molecule has 1 aromatic rings. The van der Waals surface area contributed by atoms with E-state index in [2.05, 4.69) is 32.0 Å². The van der Waals surface area contributed by atoms with E-state index in [1.807, 2.05) is 16.8 Å². The van der Waals surface area contributed by atoms with Crippen molar-refractivity contribution in [3.63, 3.8) is 0 Å². The quantitative estimate of drug-likeness (QED) is 0.902. The highest BCUT2D eigenvalue weighted by atomic mass is 16.2. The van der Waals surface area contributed by atoms with Gasteiger partial charge in [0.05, 0.1) is 6.04 Å². The Labute approximate surface area is 115 Å². The lowest BCUT2D eigenvalue weighted by Crippen LogP contribution is -2.31. The van der Waals surface area contributed by atoms with Gasteiger partial charge in [0, 0.05) is 20.1 Å². The first-order valence-corrected chi connectivity index (χ1v) is 6.83. The Kier molecular flexibility index (Phi) is 4.10. The average molecular weight is 261 g/mol. The topological polar surface area (TPSA) is 49.6 Å². The first kappa shape index (κ1) is 13.9. The van der Waals surface area contributed by atoms with Gasteiger partial charge < -0.3 is 15.5 Å². The highest BCUT2D eigenvalue weighted by molar-refractivity contribution is 5.77. The molecule has 1 aliphatic rings. The zero-order chi connectivity index (χ0) is 14.0. The molecule has 2 amide bonds. The van der Waals surface area contributed by atoms with Crippen LogP contribution in [0.5, 0.6) is 0 Å². The molecule has 0 aromatic heterocycles. The van der Waals surface area contributed by atoms with Crippen molar-refractivity contribution in [3.8, 4) is 0 Å². The number of nitrogens with two attached hydrogens (primary N) is 1. The molecule has 19 heavy (non-hydrogen) atoms. The molecule has 4 nitrogen and oxygen atoms in total.